The van der Waals surface area contributed by atoms with Crippen LogP contribution in [-0.2, 0) is 29.1 Å². The molecule has 1 heterocycles. The van der Waals surface area contributed by atoms with Crippen molar-refractivity contribution in [2.75, 3.05) is 40.0 Å². The second-order valence-electron chi connectivity index (χ2n) is 5.71. The maximum atomic E-state index is 12.7. The highest BCUT2D eigenvalue weighted by Gasteiger charge is 2.36. The van der Waals surface area contributed by atoms with Crippen LogP contribution in [0.4, 0.5) is 0 Å². The number of nitrogens with zero attached hydrogens (tertiary/aromatic N) is 1. The van der Waals surface area contributed by atoms with Gasteiger partial charge in [0.05, 0.1) is 24.7 Å². The van der Waals surface area contributed by atoms with Crippen molar-refractivity contribution in [1.29, 1.82) is 0 Å². The Morgan fingerprint density at radius 1 is 1.23 bits per heavy atom. The molecule has 144 valence electrons. The molecule has 0 saturated carbocycles. The van der Waals surface area contributed by atoms with Gasteiger partial charge in [-0.15, -0.1) is 0 Å². The lowest BCUT2D eigenvalue weighted by Gasteiger charge is -2.22. The van der Waals surface area contributed by atoms with Crippen LogP contribution in [0.5, 0.6) is 0 Å². The molecular weight excluding hydrogens is 362 g/mol. The molecule has 2 N–H and O–H groups in total. The van der Waals surface area contributed by atoms with Gasteiger partial charge in [-0.1, -0.05) is 17.7 Å². The molecule has 0 radical (unpaired) electrons. The average Bonchev–Trinajstić information content (AvgIpc) is 3.09. The van der Waals surface area contributed by atoms with E-state index in [1.54, 1.807) is 12.1 Å². The van der Waals surface area contributed by atoms with Crippen LogP contribution in [0.25, 0.3) is 0 Å². The van der Waals surface area contributed by atoms with Gasteiger partial charge in [0.25, 0.3) is 0 Å². The number of hydrogen-bond donors (Lipinski definition) is 2. The Bertz CT molecular complexity index is 735. The number of ether oxygens (including phenoxy) is 2. The molecule has 0 spiro atoms. The van der Waals surface area contributed by atoms with Crippen molar-refractivity contribution in [3.63, 3.8) is 0 Å². The Kier molecular flexibility index (Phi) is 7.09. The fourth-order valence-electron chi connectivity index (χ4n) is 2.39. The summed E-state index contributed by atoms with van der Waals surface area (Å²) >= 11 is 0. The van der Waals surface area contributed by atoms with Crippen molar-refractivity contribution >= 4 is 21.8 Å². The van der Waals surface area contributed by atoms with Crippen LogP contribution in [-0.4, -0.2) is 70.7 Å². The number of methoxy groups -OCH3 is 1. The van der Waals surface area contributed by atoms with E-state index in [4.69, 9.17) is 9.47 Å². The predicted molar refractivity (Wildman–Crippen MR) is 92.7 cm³/mol. The molecule has 2 rings (SSSR count). The van der Waals surface area contributed by atoms with Gasteiger partial charge in [0.15, 0.2) is 0 Å². The summed E-state index contributed by atoms with van der Waals surface area (Å²) in [7, 11) is -2.27. The summed E-state index contributed by atoms with van der Waals surface area (Å²) in [6.45, 7) is 2.62. The molecule has 0 unspecified atom stereocenters. The summed E-state index contributed by atoms with van der Waals surface area (Å²) in [6.07, 6.45) is -0.864. The molecular formula is C16H23N3O6S. The maximum Gasteiger partial charge on any atom is 0.309 e. The molecule has 0 aromatic heterocycles. The number of aryl methyl sites for hydroxylation is 1. The number of sulfonamides is 1. The lowest BCUT2D eigenvalue weighted by Crippen LogP contribution is -2.47. The van der Waals surface area contributed by atoms with E-state index in [-0.39, 0.29) is 37.7 Å². The van der Waals surface area contributed by atoms with Crippen LogP contribution >= 0.6 is 0 Å². The molecule has 1 fully saturated rings. The van der Waals surface area contributed by atoms with Gasteiger partial charge >= 0.3 is 11.8 Å². The Labute approximate surface area is 152 Å². The largest absolute Gasteiger partial charge is 0.383 e. The smallest absolute Gasteiger partial charge is 0.309 e. The van der Waals surface area contributed by atoms with E-state index >= 15 is 0 Å². The summed E-state index contributed by atoms with van der Waals surface area (Å²) in [5.74, 6) is -1.67. The maximum absolute atomic E-state index is 12.7. The molecule has 26 heavy (non-hydrogen) atoms. The minimum atomic E-state index is -3.75. The highest BCUT2D eigenvalue weighted by molar-refractivity contribution is 7.89. The fraction of sp³-hybridized carbons (Fsp3) is 0.500. The van der Waals surface area contributed by atoms with Crippen molar-refractivity contribution in [2.45, 2.75) is 18.0 Å². The molecule has 1 saturated heterocycles. The molecule has 0 bridgehead atoms. The Balaban J connectivity index is 1.96. The van der Waals surface area contributed by atoms with Gasteiger partial charge in [0.1, 0.15) is 6.23 Å². The first kappa shape index (κ1) is 20.3. The zero-order valence-electron chi connectivity index (χ0n) is 14.7. The van der Waals surface area contributed by atoms with E-state index in [2.05, 4.69) is 10.6 Å². The first-order valence-corrected chi connectivity index (χ1v) is 9.55. The van der Waals surface area contributed by atoms with Crippen molar-refractivity contribution in [2.24, 2.45) is 0 Å². The van der Waals surface area contributed by atoms with Gasteiger partial charge in [-0.05, 0) is 19.1 Å². The van der Waals surface area contributed by atoms with Crippen LogP contribution in [0.2, 0.25) is 0 Å². The standard InChI is InChI=1S/C16H23N3O6S/c1-12-3-5-13(6-4-12)26(22,23)19-8-10-25-14(19)11-18-16(21)15(20)17-7-9-24-2/h3-6,14H,7-11H2,1-2H3,(H,17,20)(H,18,21)/t14-/m0/s1. The summed E-state index contributed by atoms with van der Waals surface area (Å²) in [5, 5.41) is 4.77. The second-order valence-corrected chi connectivity index (χ2v) is 7.60. The highest BCUT2D eigenvalue weighted by Crippen LogP contribution is 2.22. The number of carbonyl (C=O) groups is 2. The van der Waals surface area contributed by atoms with Gasteiger partial charge in [0, 0.05) is 20.2 Å². The number of amides is 2. The van der Waals surface area contributed by atoms with Crippen molar-refractivity contribution in [3.05, 3.63) is 29.8 Å². The normalized spacial score (nSPS) is 17.8. The third-order valence-corrected chi connectivity index (χ3v) is 5.71. The number of benzene rings is 1. The number of hydrogen-bond acceptors (Lipinski definition) is 6. The molecule has 2 amide bonds. The minimum Gasteiger partial charge on any atom is -0.383 e. The molecule has 0 aliphatic carbocycles. The average molecular weight is 385 g/mol. The van der Waals surface area contributed by atoms with Crippen LogP contribution in [0.1, 0.15) is 5.56 Å². The van der Waals surface area contributed by atoms with Gasteiger partial charge < -0.3 is 20.1 Å². The molecule has 1 aromatic carbocycles. The van der Waals surface area contributed by atoms with E-state index in [0.717, 1.165) is 5.56 Å². The molecule has 9 nitrogen and oxygen atoms in total. The van der Waals surface area contributed by atoms with E-state index in [1.807, 2.05) is 6.92 Å². The first-order chi connectivity index (χ1) is 12.4. The highest BCUT2D eigenvalue weighted by atomic mass is 32.2. The SMILES string of the molecule is COCCNC(=O)C(=O)NC[C@@H]1OCCN1S(=O)(=O)c1ccc(C)cc1. The number of rotatable bonds is 7. The summed E-state index contributed by atoms with van der Waals surface area (Å²) < 4.78 is 36.9. The van der Waals surface area contributed by atoms with Crippen LogP contribution in [0, 0.1) is 6.92 Å². The zero-order valence-corrected chi connectivity index (χ0v) is 15.5. The minimum absolute atomic E-state index is 0.123. The molecule has 1 aliphatic rings. The summed E-state index contributed by atoms with van der Waals surface area (Å²) in [4.78, 5) is 23.5. The molecule has 1 aromatic rings. The Morgan fingerprint density at radius 3 is 2.54 bits per heavy atom. The summed E-state index contributed by atoms with van der Waals surface area (Å²) in [6, 6.07) is 6.49. The van der Waals surface area contributed by atoms with E-state index in [0.29, 0.717) is 0 Å². The first-order valence-electron chi connectivity index (χ1n) is 8.11. The fourth-order valence-corrected chi connectivity index (χ4v) is 3.91. The van der Waals surface area contributed by atoms with E-state index < -0.39 is 28.1 Å². The molecule has 1 aliphatic heterocycles. The topological polar surface area (TPSA) is 114 Å². The lowest BCUT2D eigenvalue weighted by atomic mass is 10.2. The van der Waals surface area contributed by atoms with Gasteiger partial charge in [-0.25, -0.2) is 8.42 Å². The van der Waals surface area contributed by atoms with Gasteiger partial charge in [-0.3, -0.25) is 9.59 Å². The van der Waals surface area contributed by atoms with Crippen LogP contribution < -0.4 is 10.6 Å². The Hall–Kier alpha value is -2.01. The van der Waals surface area contributed by atoms with Crippen molar-refractivity contribution in [3.8, 4) is 0 Å². The summed E-state index contributed by atoms with van der Waals surface area (Å²) in [5.41, 5.74) is 0.949. The van der Waals surface area contributed by atoms with Crippen molar-refractivity contribution < 1.29 is 27.5 Å². The van der Waals surface area contributed by atoms with E-state index in [9.17, 15) is 18.0 Å². The lowest BCUT2D eigenvalue weighted by molar-refractivity contribution is -0.139. The molecule has 1 atom stereocenters. The predicted octanol–water partition coefficient (Wildman–Crippen LogP) is -0.779. The van der Waals surface area contributed by atoms with Crippen molar-refractivity contribution in [1.82, 2.24) is 14.9 Å². The monoisotopic (exact) mass is 385 g/mol. The zero-order chi connectivity index (χ0) is 19.2. The number of carbonyl (C=O) groups excluding carboxylic acids is 2. The molecule has 10 heteroatoms. The number of nitrogens with one attached hydrogen (secondary N) is 2. The van der Waals surface area contributed by atoms with Gasteiger partial charge in [-0.2, -0.15) is 4.31 Å². The Morgan fingerprint density at radius 2 is 1.88 bits per heavy atom. The quantitative estimate of drug-likeness (QED) is 0.470. The third-order valence-electron chi connectivity index (χ3n) is 3.81. The van der Waals surface area contributed by atoms with Gasteiger partial charge in [0.2, 0.25) is 10.0 Å². The van der Waals surface area contributed by atoms with Crippen LogP contribution in [0.15, 0.2) is 29.2 Å². The van der Waals surface area contributed by atoms with E-state index in [1.165, 1.54) is 23.5 Å². The second kappa shape index (κ2) is 9.08. The third kappa shape index (κ3) is 5.01. The van der Waals surface area contributed by atoms with Crippen LogP contribution in [0.3, 0.4) is 0 Å².